The van der Waals surface area contributed by atoms with Crippen molar-refractivity contribution in [2.45, 2.75) is 32.2 Å². The van der Waals surface area contributed by atoms with Crippen LogP contribution in [0.1, 0.15) is 37.1 Å². The predicted molar refractivity (Wildman–Crippen MR) is 70.2 cm³/mol. The zero-order valence-corrected chi connectivity index (χ0v) is 10.9. The predicted octanol–water partition coefficient (Wildman–Crippen LogP) is 2.27. The van der Waals surface area contributed by atoms with Crippen molar-refractivity contribution in [3.05, 3.63) is 48.1 Å². The zero-order valence-electron chi connectivity index (χ0n) is 10.9. The van der Waals surface area contributed by atoms with E-state index in [0.717, 1.165) is 17.7 Å². The van der Waals surface area contributed by atoms with Gasteiger partial charge in [-0.2, -0.15) is 0 Å². The number of hydrogen-bond donors (Lipinski definition) is 1. The van der Waals surface area contributed by atoms with Gasteiger partial charge in [-0.05, 0) is 18.1 Å². The highest BCUT2D eigenvalue weighted by Crippen LogP contribution is 2.15. The van der Waals surface area contributed by atoms with E-state index in [9.17, 15) is 4.79 Å². The van der Waals surface area contributed by atoms with Gasteiger partial charge in [0.1, 0.15) is 5.76 Å². The second-order valence-corrected chi connectivity index (χ2v) is 4.29. The van der Waals surface area contributed by atoms with E-state index in [1.54, 1.807) is 24.7 Å². The van der Waals surface area contributed by atoms with E-state index >= 15 is 0 Å². The maximum absolute atomic E-state index is 11.9. The molecule has 100 valence electrons. The molecule has 2 aromatic rings. The second kappa shape index (κ2) is 6.68. The molecule has 1 amide bonds. The standard InChI is InChI=1S/C14H17N3O2/c1-2-13(11-4-3-8-15-10-11)17-14(18)6-5-12-7-9-16-19-12/h3-4,7-10,13H,2,5-6H2,1H3,(H,17,18). The molecule has 1 N–H and O–H groups in total. The molecule has 1 atom stereocenters. The molecule has 2 rings (SSSR count). The van der Waals surface area contributed by atoms with E-state index in [0.29, 0.717) is 12.8 Å². The molecule has 2 aromatic heterocycles. The van der Waals surface area contributed by atoms with E-state index in [1.807, 2.05) is 19.1 Å². The van der Waals surface area contributed by atoms with Crippen LogP contribution in [0.5, 0.6) is 0 Å². The molecule has 0 bridgehead atoms. The number of pyridine rings is 1. The Balaban J connectivity index is 1.86. The van der Waals surface area contributed by atoms with Crippen molar-refractivity contribution in [1.82, 2.24) is 15.5 Å². The molecule has 0 saturated heterocycles. The average Bonchev–Trinajstić information content (AvgIpc) is 2.97. The molecule has 0 aliphatic heterocycles. The van der Waals surface area contributed by atoms with Gasteiger partial charge in [0.05, 0.1) is 12.2 Å². The molecule has 2 heterocycles. The highest BCUT2D eigenvalue weighted by Gasteiger charge is 2.13. The van der Waals surface area contributed by atoms with Crippen LogP contribution < -0.4 is 5.32 Å². The fourth-order valence-electron chi connectivity index (χ4n) is 1.88. The zero-order chi connectivity index (χ0) is 13.5. The summed E-state index contributed by atoms with van der Waals surface area (Å²) < 4.78 is 4.96. The smallest absolute Gasteiger partial charge is 0.220 e. The highest BCUT2D eigenvalue weighted by atomic mass is 16.5. The van der Waals surface area contributed by atoms with Gasteiger partial charge in [-0.25, -0.2) is 0 Å². The number of aromatic nitrogens is 2. The summed E-state index contributed by atoms with van der Waals surface area (Å²) in [4.78, 5) is 16.0. The Morgan fingerprint density at radius 2 is 2.32 bits per heavy atom. The van der Waals surface area contributed by atoms with Crippen LogP contribution in [0, 0.1) is 0 Å². The Kier molecular flexibility index (Phi) is 4.66. The van der Waals surface area contributed by atoms with Crippen LogP contribution in [-0.4, -0.2) is 16.0 Å². The summed E-state index contributed by atoms with van der Waals surface area (Å²) in [5, 5.41) is 6.61. The SMILES string of the molecule is CCC(NC(=O)CCc1ccno1)c1cccnc1. The average molecular weight is 259 g/mol. The molecule has 19 heavy (non-hydrogen) atoms. The normalized spacial score (nSPS) is 12.1. The van der Waals surface area contributed by atoms with E-state index in [4.69, 9.17) is 4.52 Å². The van der Waals surface area contributed by atoms with Crippen molar-refractivity contribution in [1.29, 1.82) is 0 Å². The minimum Gasteiger partial charge on any atom is -0.361 e. The molecular formula is C14H17N3O2. The first kappa shape index (κ1) is 13.3. The van der Waals surface area contributed by atoms with E-state index < -0.39 is 0 Å². The third kappa shape index (κ3) is 3.91. The van der Waals surface area contributed by atoms with Gasteiger partial charge in [0.15, 0.2) is 0 Å². The molecule has 0 radical (unpaired) electrons. The molecular weight excluding hydrogens is 242 g/mol. The van der Waals surface area contributed by atoms with E-state index in [-0.39, 0.29) is 11.9 Å². The monoisotopic (exact) mass is 259 g/mol. The summed E-state index contributed by atoms with van der Waals surface area (Å²) >= 11 is 0. The Hall–Kier alpha value is -2.17. The van der Waals surface area contributed by atoms with Crippen molar-refractivity contribution >= 4 is 5.91 Å². The van der Waals surface area contributed by atoms with E-state index in [2.05, 4.69) is 15.5 Å². The van der Waals surface area contributed by atoms with Crippen molar-refractivity contribution in [3.63, 3.8) is 0 Å². The number of carbonyl (C=O) groups is 1. The van der Waals surface area contributed by atoms with E-state index in [1.165, 1.54) is 0 Å². The van der Waals surface area contributed by atoms with Crippen molar-refractivity contribution in [2.24, 2.45) is 0 Å². The fourth-order valence-corrected chi connectivity index (χ4v) is 1.88. The van der Waals surface area contributed by atoms with Crippen molar-refractivity contribution in [3.8, 4) is 0 Å². The largest absolute Gasteiger partial charge is 0.361 e. The molecule has 0 spiro atoms. The van der Waals surface area contributed by atoms with Gasteiger partial charge in [0.2, 0.25) is 5.91 Å². The lowest BCUT2D eigenvalue weighted by Crippen LogP contribution is -2.28. The Morgan fingerprint density at radius 3 is 2.95 bits per heavy atom. The number of hydrogen-bond acceptors (Lipinski definition) is 4. The van der Waals surface area contributed by atoms with Gasteiger partial charge in [0.25, 0.3) is 0 Å². The molecule has 0 aliphatic carbocycles. The third-order valence-electron chi connectivity index (χ3n) is 2.92. The van der Waals surface area contributed by atoms with Crippen LogP contribution >= 0.6 is 0 Å². The minimum atomic E-state index is 0.00658. The lowest BCUT2D eigenvalue weighted by atomic mass is 10.1. The second-order valence-electron chi connectivity index (χ2n) is 4.29. The van der Waals surface area contributed by atoms with Gasteiger partial charge in [-0.1, -0.05) is 18.1 Å². The summed E-state index contributed by atoms with van der Waals surface area (Å²) in [6, 6.07) is 5.62. The number of amides is 1. The van der Waals surface area contributed by atoms with Gasteiger partial charge in [-0.15, -0.1) is 0 Å². The third-order valence-corrected chi connectivity index (χ3v) is 2.92. The number of rotatable bonds is 6. The number of nitrogens with zero attached hydrogens (tertiary/aromatic N) is 2. The summed E-state index contributed by atoms with van der Waals surface area (Å²) in [5.41, 5.74) is 1.03. The van der Waals surface area contributed by atoms with Crippen LogP contribution in [-0.2, 0) is 11.2 Å². The highest BCUT2D eigenvalue weighted by molar-refractivity contribution is 5.76. The first-order valence-electron chi connectivity index (χ1n) is 6.38. The van der Waals surface area contributed by atoms with Crippen LogP contribution in [0.2, 0.25) is 0 Å². The maximum atomic E-state index is 11.9. The summed E-state index contributed by atoms with van der Waals surface area (Å²) in [6.45, 7) is 2.04. The van der Waals surface area contributed by atoms with Crippen molar-refractivity contribution < 1.29 is 9.32 Å². The van der Waals surface area contributed by atoms with Gasteiger partial charge < -0.3 is 9.84 Å². The first-order chi connectivity index (χ1) is 9.29. The van der Waals surface area contributed by atoms with Crippen molar-refractivity contribution in [2.75, 3.05) is 0 Å². The van der Waals surface area contributed by atoms with Gasteiger partial charge in [-0.3, -0.25) is 9.78 Å². The topological polar surface area (TPSA) is 68.0 Å². The summed E-state index contributed by atoms with van der Waals surface area (Å²) in [7, 11) is 0. The molecule has 5 heteroatoms. The number of aryl methyl sites for hydroxylation is 1. The lowest BCUT2D eigenvalue weighted by Gasteiger charge is -2.16. The molecule has 0 aliphatic rings. The first-order valence-corrected chi connectivity index (χ1v) is 6.38. The van der Waals surface area contributed by atoms with Crippen LogP contribution in [0.4, 0.5) is 0 Å². The Bertz CT molecular complexity index is 497. The molecule has 1 unspecified atom stereocenters. The van der Waals surface area contributed by atoms with Crippen LogP contribution in [0.3, 0.4) is 0 Å². The Morgan fingerprint density at radius 1 is 1.42 bits per heavy atom. The summed E-state index contributed by atoms with van der Waals surface area (Å²) in [5.74, 6) is 0.733. The quantitative estimate of drug-likeness (QED) is 0.864. The number of carbonyl (C=O) groups excluding carboxylic acids is 1. The maximum Gasteiger partial charge on any atom is 0.220 e. The molecule has 0 saturated carbocycles. The molecule has 0 aromatic carbocycles. The minimum absolute atomic E-state index is 0.00658. The van der Waals surface area contributed by atoms with Gasteiger partial charge in [0, 0.05) is 31.3 Å². The lowest BCUT2D eigenvalue weighted by molar-refractivity contribution is -0.121. The summed E-state index contributed by atoms with van der Waals surface area (Å²) in [6.07, 6.45) is 6.88. The Labute approximate surface area is 112 Å². The number of nitrogens with one attached hydrogen (secondary N) is 1. The van der Waals surface area contributed by atoms with Crippen LogP contribution in [0.25, 0.3) is 0 Å². The van der Waals surface area contributed by atoms with Crippen LogP contribution in [0.15, 0.2) is 41.3 Å². The molecule has 0 fully saturated rings. The molecule has 5 nitrogen and oxygen atoms in total. The van der Waals surface area contributed by atoms with Gasteiger partial charge >= 0.3 is 0 Å². The fraction of sp³-hybridized carbons (Fsp3) is 0.357.